The zero-order valence-electron chi connectivity index (χ0n) is 9.77. The Hall–Kier alpha value is -2.08. The SMILES string of the molecule is Cc1cccc(C#CC2=CC(=NO)CCC2)n1. The maximum absolute atomic E-state index is 8.71. The molecule has 0 spiro atoms. The van der Waals surface area contributed by atoms with E-state index in [-0.39, 0.29) is 0 Å². The molecule has 1 N–H and O–H groups in total. The molecule has 0 atom stereocenters. The molecule has 1 aliphatic carbocycles. The van der Waals surface area contributed by atoms with Gasteiger partial charge in [0.05, 0.1) is 5.71 Å². The molecule has 1 heterocycles. The molecular weight excluding hydrogens is 212 g/mol. The summed E-state index contributed by atoms with van der Waals surface area (Å²) in [6.07, 6.45) is 4.61. The van der Waals surface area contributed by atoms with Crippen molar-refractivity contribution in [1.82, 2.24) is 4.98 Å². The Morgan fingerprint density at radius 2 is 2.18 bits per heavy atom. The molecule has 0 radical (unpaired) electrons. The van der Waals surface area contributed by atoms with Crippen molar-refractivity contribution < 1.29 is 5.21 Å². The van der Waals surface area contributed by atoms with Crippen LogP contribution < -0.4 is 0 Å². The Morgan fingerprint density at radius 1 is 1.29 bits per heavy atom. The van der Waals surface area contributed by atoms with Crippen molar-refractivity contribution in [1.29, 1.82) is 0 Å². The predicted octanol–water partition coefficient (Wildman–Crippen LogP) is 2.68. The third-order valence-corrected chi connectivity index (χ3v) is 2.59. The molecule has 86 valence electrons. The molecule has 0 amide bonds. The second-order valence-corrected chi connectivity index (χ2v) is 4.03. The highest BCUT2D eigenvalue weighted by molar-refractivity contribution is 5.96. The summed E-state index contributed by atoms with van der Waals surface area (Å²) in [6.45, 7) is 1.95. The molecule has 0 aliphatic heterocycles. The lowest BCUT2D eigenvalue weighted by Gasteiger charge is -2.07. The highest BCUT2D eigenvalue weighted by Gasteiger charge is 2.06. The average molecular weight is 226 g/mol. The van der Waals surface area contributed by atoms with Gasteiger partial charge in [0.2, 0.25) is 0 Å². The first-order valence-electron chi connectivity index (χ1n) is 5.65. The highest BCUT2D eigenvalue weighted by Crippen LogP contribution is 2.15. The second kappa shape index (κ2) is 5.31. The first kappa shape index (κ1) is 11.4. The summed E-state index contributed by atoms with van der Waals surface area (Å²) in [5.41, 5.74) is 3.45. The molecule has 2 rings (SSSR count). The van der Waals surface area contributed by atoms with Gasteiger partial charge in [-0.05, 0) is 50.3 Å². The Labute approximate surface area is 101 Å². The quantitative estimate of drug-likeness (QED) is 0.420. The third-order valence-electron chi connectivity index (χ3n) is 2.59. The van der Waals surface area contributed by atoms with Crippen molar-refractivity contribution >= 4 is 5.71 Å². The summed E-state index contributed by atoms with van der Waals surface area (Å²) in [4.78, 5) is 4.32. The van der Waals surface area contributed by atoms with E-state index < -0.39 is 0 Å². The van der Waals surface area contributed by atoms with Crippen LogP contribution in [0, 0.1) is 18.8 Å². The number of rotatable bonds is 0. The van der Waals surface area contributed by atoms with Gasteiger partial charge in [0.1, 0.15) is 5.69 Å². The maximum atomic E-state index is 8.71. The first-order valence-corrected chi connectivity index (χ1v) is 5.65. The van der Waals surface area contributed by atoms with Gasteiger partial charge in [-0.25, -0.2) is 4.98 Å². The number of allylic oxidation sites excluding steroid dienone is 2. The van der Waals surface area contributed by atoms with E-state index >= 15 is 0 Å². The molecule has 0 unspecified atom stereocenters. The van der Waals surface area contributed by atoms with E-state index in [0.29, 0.717) is 5.71 Å². The number of aryl methyl sites for hydroxylation is 1. The molecule has 1 aromatic heterocycles. The van der Waals surface area contributed by atoms with Crippen LogP contribution in [0.2, 0.25) is 0 Å². The zero-order valence-corrected chi connectivity index (χ0v) is 9.77. The summed E-state index contributed by atoms with van der Waals surface area (Å²) in [7, 11) is 0. The van der Waals surface area contributed by atoms with Gasteiger partial charge in [0.15, 0.2) is 0 Å². The second-order valence-electron chi connectivity index (χ2n) is 4.03. The molecule has 17 heavy (non-hydrogen) atoms. The largest absolute Gasteiger partial charge is 0.411 e. The topological polar surface area (TPSA) is 45.5 Å². The minimum absolute atomic E-state index is 0.706. The monoisotopic (exact) mass is 226 g/mol. The summed E-state index contributed by atoms with van der Waals surface area (Å²) < 4.78 is 0. The van der Waals surface area contributed by atoms with Crippen LogP contribution in [0.1, 0.15) is 30.7 Å². The fourth-order valence-electron chi connectivity index (χ4n) is 1.74. The number of aromatic nitrogens is 1. The lowest BCUT2D eigenvalue weighted by molar-refractivity contribution is 0.318. The number of oxime groups is 1. The maximum Gasteiger partial charge on any atom is 0.113 e. The van der Waals surface area contributed by atoms with Crippen LogP contribution in [-0.4, -0.2) is 15.9 Å². The third kappa shape index (κ3) is 3.18. The molecule has 0 bridgehead atoms. The predicted molar refractivity (Wildman–Crippen MR) is 67.0 cm³/mol. The van der Waals surface area contributed by atoms with Crippen LogP contribution in [0.25, 0.3) is 0 Å². The van der Waals surface area contributed by atoms with Gasteiger partial charge in [-0.2, -0.15) is 0 Å². The van der Waals surface area contributed by atoms with Crippen molar-refractivity contribution in [3.63, 3.8) is 0 Å². The van der Waals surface area contributed by atoms with Gasteiger partial charge < -0.3 is 5.21 Å². The Morgan fingerprint density at radius 3 is 2.94 bits per heavy atom. The average Bonchev–Trinajstić information content (AvgIpc) is 2.37. The number of nitrogens with zero attached hydrogens (tertiary/aromatic N) is 2. The Bertz CT molecular complexity index is 533. The molecular formula is C14H14N2O. The van der Waals surface area contributed by atoms with E-state index in [4.69, 9.17) is 5.21 Å². The first-order chi connectivity index (χ1) is 8.28. The van der Waals surface area contributed by atoms with Crippen LogP contribution in [0.15, 0.2) is 35.0 Å². The van der Waals surface area contributed by atoms with E-state index in [1.165, 1.54) is 0 Å². The van der Waals surface area contributed by atoms with E-state index in [0.717, 1.165) is 36.2 Å². The fourth-order valence-corrected chi connectivity index (χ4v) is 1.74. The van der Waals surface area contributed by atoms with E-state index in [1.807, 2.05) is 31.2 Å². The van der Waals surface area contributed by atoms with Gasteiger partial charge in [-0.3, -0.25) is 0 Å². The van der Waals surface area contributed by atoms with Crippen LogP contribution in [0.4, 0.5) is 0 Å². The minimum atomic E-state index is 0.706. The zero-order chi connectivity index (χ0) is 12.1. The van der Waals surface area contributed by atoms with Crippen molar-refractivity contribution in [2.45, 2.75) is 26.2 Å². The normalized spacial score (nSPS) is 17.2. The smallest absolute Gasteiger partial charge is 0.113 e. The van der Waals surface area contributed by atoms with Gasteiger partial charge in [0, 0.05) is 11.3 Å². The summed E-state index contributed by atoms with van der Waals surface area (Å²) >= 11 is 0. The number of hydrogen-bond acceptors (Lipinski definition) is 3. The van der Waals surface area contributed by atoms with Crippen LogP contribution in [0.3, 0.4) is 0 Å². The summed E-state index contributed by atoms with van der Waals surface area (Å²) in [5, 5.41) is 11.9. The minimum Gasteiger partial charge on any atom is -0.411 e. The van der Waals surface area contributed by atoms with E-state index in [9.17, 15) is 0 Å². The van der Waals surface area contributed by atoms with Gasteiger partial charge >= 0.3 is 0 Å². The van der Waals surface area contributed by atoms with E-state index in [1.54, 1.807) is 0 Å². The molecule has 0 fully saturated rings. The molecule has 0 aromatic carbocycles. The van der Waals surface area contributed by atoms with Crippen molar-refractivity contribution in [2.75, 3.05) is 0 Å². The Balaban J connectivity index is 2.19. The van der Waals surface area contributed by atoms with Gasteiger partial charge in [0.25, 0.3) is 0 Å². The van der Waals surface area contributed by atoms with Crippen LogP contribution in [0.5, 0.6) is 0 Å². The number of pyridine rings is 1. The summed E-state index contributed by atoms with van der Waals surface area (Å²) in [5.74, 6) is 6.12. The molecule has 3 heteroatoms. The molecule has 1 aliphatic rings. The van der Waals surface area contributed by atoms with Crippen LogP contribution >= 0.6 is 0 Å². The van der Waals surface area contributed by atoms with Crippen LogP contribution in [-0.2, 0) is 0 Å². The van der Waals surface area contributed by atoms with Gasteiger partial charge in [-0.15, -0.1) is 0 Å². The van der Waals surface area contributed by atoms with Crippen molar-refractivity contribution in [3.8, 4) is 11.8 Å². The lowest BCUT2D eigenvalue weighted by Crippen LogP contribution is -2.02. The number of hydrogen-bond donors (Lipinski definition) is 1. The lowest BCUT2D eigenvalue weighted by atomic mass is 9.98. The molecule has 0 saturated carbocycles. The van der Waals surface area contributed by atoms with Gasteiger partial charge in [-0.1, -0.05) is 17.1 Å². The Kier molecular flexibility index (Phi) is 3.56. The standard InChI is InChI=1S/C14H14N2O/c1-11-4-2-6-13(15-11)9-8-12-5-3-7-14(10-12)16-17/h2,4,6,10,17H,3,5,7H2,1H3. The molecule has 0 saturated heterocycles. The molecule has 3 nitrogen and oxygen atoms in total. The molecule has 1 aromatic rings. The summed E-state index contributed by atoms with van der Waals surface area (Å²) in [6, 6.07) is 5.79. The fraction of sp³-hybridized carbons (Fsp3) is 0.286. The highest BCUT2D eigenvalue weighted by atomic mass is 16.4. The van der Waals surface area contributed by atoms with Crippen molar-refractivity contribution in [3.05, 3.63) is 41.2 Å². The van der Waals surface area contributed by atoms with Crippen molar-refractivity contribution in [2.24, 2.45) is 5.16 Å². The van der Waals surface area contributed by atoms with E-state index in [2.05, 4.69) is 22.0 Å².